The van der Waals surface area contributed by atoms with Crippen molar-refractivity contribution >= 4 is 29.0 Å². The molecule has 1 unspecified atom stereocenters. The maximum absolute atomic E-state index is 13.1. The highest BCUT2D eigenvalue weighted by Crippen LogP contribution is 2.26. The van der Waals surface area contributed by atoms with Crippen molar-refractivity contribution in [3.8, 4) is 0 Å². The van der Waals surface area contributed by atoms with Gasteiger partial charge in [0.2, 0.25) is 5.91 Å². The lowest BCUT2D eigenvalue weighted by atomic mass is 10.1. The van der Waals surface area contributed by atoms with E-state index in [2.05, 4.69) is 56.5 Å². The van der Waals surface area contributed by atoms with Crippen molar-refractivity contribution in [1.29, 1.82) is 0 Å². The summed E-state index contributed by atoms with van der Waals surface area (Å²) in [6, 6.07) is 14.7. The van der Waals surface area contributed by atoms with Gasteiger partial charge in [0.25, 0.3) is 0 Å². The third-order valence-corrected chi connectivity index (χ3v) is 7.66. The summed E-state index contributed by atoms with van der Waals surface area (Å²) in [4.78, 5) is 16.4. The molecule has 1 aliphatic heterocycles. The normalized spacial score (nSPS) is 15.6. The van der Waals surface area contributed by atoms with E-state index in [1.807, 2.05) is 17.9 Å². The number of amides is 1. The minimum Gasteiger partial charge on any atom is -0.342 e. The van der Waals surface area contributed by atoms with Crippen LogP contribution in [0.15, 0.2) is 53.0 Å². The Morgan fingerprint density at radius 1 is 1.06 bits per heavy atom. The van der Waals surface area contributed by atoms with E-state index in [-0.39, 0.29) is 11.2 Å². The van der Waals surface area contributed by atoms with Crippen LogP contribution in [0.1, 0.15) is 48.9 Å². The topological polar surface area (TPSA) is 51.0 Å². The molecule has 1 fully saturated rings. The Morgan fingerprint density at radius 3 is 2.55 bits per heavy atom. The Kier molecular flexibility index (Phi) is 7.81. The molecule has 1 aliphatic rings. The second-order valence-electron chi connectivity index (χ2n) is 8.04. The van der Waals surface area contributed by atoms with E-state index < -0.39 is 0 Å². The van der Waals surface area contributed by atoms with Crippen LogP contribution in [0.4, 0.5) is 0 Å². The van der Waals surface area contributed by atoms with E-state index in [0.29, 0.717) is 0 Å². The molecule has 0 N–H and O–H groups in total. The number of likely N-dealkylation sites (tertiary alicyclic amines) is 1. The maximum Gasteiger partial charge on any atom is 0.235 e. The van der Waals surface area contributed by atoms with Crippen LogP contribution in [-0.4, -0.2) is 43.9 Å². The number of thiophene rings is 1. The molecular weight excluding hydrogens is 424 g/mol. The number of benzene rings is 1. The molecule has 0 saturated carbocycles. The van der Waals surface area contributed by atoms with Gasteiger partial charge in [-0.15, -0.1) is 21.5 Å². The Labute approximate surface area is 192 Å². The van der Waals surface area contributed by atoms with Gasteiger partial charge in [-0.2, -0.15) is 0 Å². The first-order chi connectivity index (χ1) is 15.2. The van der Waals surface area contributed by atoms with Crippen LogP contribution < -0.4 is 0 Å². The lowest BCUT2D eigenvalue weighted by molar-refractivity contribution is -0.130. The highest BCUT2D eigenvalue weighted by molar-refractivity contribution is 8.00. The molecular formula is C24H30N4OS2. The number of carbonyl (C=O) groups is 1. The molecule has 0 bridgehead atoms. The summed E-state index contributed by atoms with van der Waals surface area (Å²) in [5, 5.41) is 11.8. The van der Waals surface area contributed by atoms with Crippen LogP contribution in [-0.2, 0) is 24.2 Å². The molecule has 7 heteroatoms. The largest absolute Gasteiger partial charge is 0.342 e. The summed E-state index contributed by atoms with van der Waals surface area (Å²) in [5.41, 5.74) is 1.29. The second-order valence-corrected chi connectivity index (χ2v) is 10.4. The fourth-order valence-corrected chi connectivity index (χ4v) is 5.65. The minimum absolute atomic E-state index is 0.160. The molecule has 1 saturated heterocycles. The molecule has 31 heavy (non-hydrogen) atoms. The van der Waals surface area contributed by atoms with Crippen molar-refractivity contribution in [3.63, 3.8) is 0 Å². The summed E-state index contributed by atoms with van der Waals surface area (Å²) in [6.45, 7) is 4.58. The number of hydrogen-bond acceptors (Lipinski definition) is 5. The predicted molar refractivity (Wildman–Crippen MR) is 128 cm³/mol. The predicted octanol–water partition coefficient (Wildman–Crippen LogP) is 5.06. The molecule has 4 rings (SSSR count). The van der Waals surface area contributed by atoms with E-state index in [0.717, 1.165) is 56.3 Å². The molecule has 0 aliphatic carbocycles. The van der Waals surface area contributed by atoms with Gasteiger partial charge in [0, 0.05) is 30.9 Å². The molecule has 1 atom stereocenters. The molecule has 1 amide bonds. The van der Waals surface area contributed by atoms with Crippen molar-refractivity contribution in [2.75, 3.05) is 13.1 Å². The zero-order valence-corrected chi connectivity index (χ0v) is 19.7. The van der Waals surface area contributed by atoms with Gasteiger partial charge in [0.05, 0.1) is 5.25 Å². The zero-order valence-electron chi connectivity index (χ0n) is 18.1. The van der Waals surface area contributed by atoms with Crippen molar-refractivity contribution < 1.29 is 4.79 Å². The lowest BCUT2D eigenvalue weighted by Gasteiger charge is -2.23. The Hall–Kier alpha value is -2.12. The fourth-order valence-electron chi connectivity index (χ4n) is 3.97. The summed E-state index contributed by atoms with van der Waals surface area (Å²) in [7, 11) is 0. The molecule has 0 spiro atoms. The molecule has 0 radical (unpaired) electrons. The first-order valence-electron chi connectivity index (χ1n) is 11.1. The van der Waals surface area contributed by atoms with E-state index in [1.165, 1.54) is 23.3 Å². The van der Waals surface area contributed by atoms with Gasteiger partial charge in [-0.25, -0.2) is 0 Å². The first kappa shape index (κ1) is 22.1. The number of nitrogens with zero attached hydrogens (tertiary/aromatic N) is 4. The van der Waals surface area contributed by atoms with E-state index in [1.54, 1.807) is 23.1 Å². The van der Waals surface area contributed by atoms with Gasteiger partial charge in [0.15, 0.2) is 5.16 Å². The van der Waals surface area contributed by atoms with Crippen LogP contribution in [0, 0.1) is 0 Å². The van der Waals surface area contributed by atoms with Gasteiger partial charge < -0.3 is 9.47 Å². The van der Waals surface area contributed by atoms with Crippen molar-refractivity contribution in [2.45, 2.75) is 62.4 Å². The Morgan fingerprint density at radius 2 is 1.84 bits per heavy atom. The van der Waals surface area contributed by atoms with Gasteiger partial charge in [0.1, 0.15) is 5.82 Å². The third-order valence-electron chi connectivity index (χ3n) is 5.72. The first-order valence-corrected chi connectivity index (χ1v) is 12.9. The van der Waals surface area contributed by atoms with Gasteiger partial charge in [-0.05, 0) is 43.2 Å². The van der Waals surface area contributed by atoms with Crippen LogP contribution >= 0.6 is 23.1 Å². The highest BCUT2D eigenvalue weighted by Gasteiger charge is 2.25. The van der Waals surface area contributed by atoms with E-state index >= 15 is 0 Å². The van der Waals surface area contributed by atoms with Gasteiger partial charge in [-0.3, -0.25) is 4.79 Å². The molecule has 1 aromatic carbocycles. The smallest absolute Gasteiger partial charge is 0.235 e. The van der Waals surface area contributed by atoms with Crippen LogP contribution in [0.2, 0.25) is 0 Å². The summed E-state index contributed by atoms with van der Waals surface area (Å²) in [5.74, 6) is 1.19. The van der Waals surface area contributed by atoms with Gasteiger partial charge >= 0.3 is 0 Å². The van der Waals surface area contributed by atoms with Crippen LogP contribution in [0.5, 0.6) is 0 Å². The fraction of sp³-hybridized carbons (Fsp3) is 0.458. The number of rotatable bonds is 8. The maximum atomic E-state index is 13.1. The quantitative estimate of drug-likeness (QED) is 0.447. The Balaban J connectivity index is 1.49. The number of thioether (sulfide) groups is 1. The molecule has 3 heterocycles. The van der Waals surface area contributed by atoms with Crippen molar-refractivity contribution in [2.24, 2.45) is 0 Å². The third kappa shape index (κ3) is 5.98. The van der Waals surface area contributed by atoms with Gasteiger partial charge in [-0.1, -0.05) is 61.0 Å². The molecule has 2 aromatic heterocycles. The molecule has 5 nitrogen and oxygen atoms in total. The van der Waals surface area contributed by atoms with Crippen molar-refractivity contribution in [1.82, 2.24) is 19.7 Å². The van der Waals surface area contributed by atoms with Crippen molar-refractivity contribution in [3.05, 3.63) is 64.1 Å². The van der Waals surface area contributed by atoms with E-state index in [4.69, 9.17) is 0 Å². The monoisotopic (exact) mass is 454 g/mol. The average Bonchev–Trinajstić information content (AvgIpc) is 3.34. The summed E-state index contributed by atoms with van der Waals surface area (Å²) in [6.07, 6.45) is 6.37. The number of carbonyl (C=O) groups excluding carboxylic acids is 1. The second kappa shape index (κ2) is 11.0. The van der Waals surface area contributed by atoms with Crippen LogP contribution in [0.3, 0.4) is 0 Å². The number of hydrogen-bond donors (Lipinski definition) is 0. The molecule has 3 aromatic rings. The van der Waals surface area contributed by atoms with Crippen LogP contribution in [0.25, 0.3) is 0 Å². The summed E-state index contributed by atoms with van der Waals surface area (Å²) >= 11 is 3.29. The molecule has 164 valence electrons. The van der Waals surface area contributed by atoms with E-state index in [9.17, 15) is 4.79 Å². The zero-order chi connectivity index (χ0) is 21.5. The lowest BCUT2D eigenvalue weighted by Crippen LogP contribution is -2.37. The standard InChI is InChI=1S/C24H30N4OS2/c1-19(23(29)27-14-7-2-3-8-15-27)31-24-26-25-22(18-21-12-9-17-30-21)28(24)16-13-20-10-5-4-6-11-20/h4-6,9-12,17,19H,2-3,7-8,13-16,18H2,1H3. The number of aryl methyl sites for hydroxylation is 1. The highest BCUT2D eigenvalue weighted by atomic mass is 32.2. The average molecular weight is 455 g/mol. The summed E-state index contributed by atoms with van der Waals surface area (Å²) < 4.78 is 2.21. The number of aromatic nitrogens is 3. The SMILES string of the molecule is CC(Sc1nnc(Cc2cccs2)n1CCc1ccccc1)C(=O)N1CCCCCC1. The Bertz CT molecular complexity index is 947. The minimum atomic E-state index is -0.160.